The van der Waals surface area contributed by atoms with Crippen LogP contribution >= 0.6 is 0 Å². The molecule has 0 unspecified atom stereocenters. The van der Waals surface area contributed by atoms with Crippen LogP contribution in [0.2, 0.25) is 0 Å². The van der Waals surface area contributed by atoms with Crippen molar-refractivity contribution >= 4 is 11.5 Å². The maximum absolute atomic E-state index is 12.3. The minimum absolute atomic E-state index is 0.155. The lowest BCUT2D eigenvalue weighted by molar-refractivity contribution is 0.1000. The lowest BCUT2D eigenvalue weighted by Crippen LogP contribution is -2.26. The van der Waals surface area contributed by atoms with Gasteiger partial charge in [-0.2, -0.15) is 0 Å². The molecule has 0 atom stereocenters. The average molecular weight is 253 g/mol. The fraction of sp³-hybridized carbons (Fsp3) is 0.235. The van der Waals surface area contributed by atoms with Crippen molar-refractivity contribution in [2.45, 2.75) is 13.8 Å². The molecule has 2 heteroatoms. The first-order chi connectivity index (χ1) is 9.08. The first kappa shape index (κ1) is 13.3. The number of ketones is 1. The summed E-state index contributed by atoms with van der Waals surface area (Å²) in [5.74, 6) is 0.155. The van der Waals surface area contributed by atoms with Gasteiger partial charge in [0.1, 0.15) is 0 Å². The Kier molecular flexibility index (Phi) is 4.00. The first-order valence-electron chi connectivity index (χ1n) is 6.44. The van der Waals surface area contributed by atoms with Crippen LogP contribution in [-0.2, 0) is 0 Å². The normalized spacial score (nSPS) is 10.3. The predicted octanol–water partition coefficient (Wildman–Crippen LogP) is 3.62. The molecule has 2 nitrogen and oxygen atoms in total. The zero-order valence-corrected chi connectivity index (χ0v) is 11.7. The summed E-state index contributed by atoms with van der Waals surface area (Å²) in [6.07, 6.45) is 0. The van der Waals surface area contributed by atoms with E-state index in [1.165, 1.54) is 5.56 Å². The fourth-order valence-corrected chi connectivity index (χ4v) is 2.14. The third kappa shape index (κ3) is 3.22. The zero-order chi connectivity index (χ0) is 13.8. The van der Waals surface area contributed by atoms with Crippen LogP contribution in [0.4, 0.5) is 5.69 Å². The standard InChI is InChI=1S/C17H19NO/c1-13-7-6-9-15(11-13)18(3)12-17(19)16-10-5-4-8-14(16)2/h4-11H,12H2,1-3H3. The second kappa shape index (κ2) is 5.70. The van der Waals surface area contributed by atoms with Gasteiger partial charge in [-0.3, -0.25) is 4.79 Å². The Bertz CT molecular complexity index is 589. The molecule has 98 valence electrons. The second-order valence-corrected chi connectivity index (χ2v) is 4.93. The summed E-state index contributed by atoms with van der Waals surface area (Å²) >= 11 is 0. The zero-order valence-electron chi connectivity index (χ0n) is 11.7. The number of hydrogen-bond acceptors (Lipinski definition) is 2. The largest absolute Gasteiger partial charge is 0.367 e. The van der Waals surface area contributed by atoms with E-state index in [-0.39, 0.29) is 5.78 Å². The van der Waals surface area contributed by atoms with Gasteiger partial charge in [-0.1, -0.05) is 36.4 Å². The molecule has 2 aromatic carbocycles. The van der Waals surface area contributed by atoms with Gasteiger partial charge in [0.15, 0.2) is 5.78 Å². The lowest BCUT2D eigenvalue weighted by atomic mass is 10.0. The highest BCUT2D eigenvalue weighted by Gasteiger charge is 2.11. The van der Waals surface area contributed by atoms with Gasteiger partial charge in [0, 0.05) is 18.3 Å². The molecule has 0 bridgehead atoms. The summed E-state index contributed by atoms with van der Waals surface area (Å²) in [6, 6.07) is 15.9. The van der Waals surface area contributed by atoms with Crippen molar-refractivity contribution in [2.24, 2.45) is 0 Å². The van der Waals surface area contributed by atoms with Crippen LogP contribution in [-0.4, -0.2) is 19.4 Å². The minimum Gasteiger partial charge on any atom is -0.367 e. The second-order valence-electron chi connectivity index (χ2n) is 4.93. The van der Waals surface area contributed by atoms with Gasteiger partial charge < -0.3 is 4.90 Å². The smallest absolute Gasteiger partial charge is 0.182 e. The Morgan fingerprint density at radius 2 is 1.79 bits per heavy atom. The van der Waals surface area contributed by atoms with Gasteiger partial charge in [0.05, 0.1) is 6.54 Å². The van der Waals surface area contributed by atoms with E-state index in [1.54, 1.807) is 0 Å². The highest BCUT2D eigenvalue weighted by Crippen LogP contribution is 2.15. The Morgan fingerprint density at radius 1 is 1.05 bits per heavy atom. The van der Waals surface area contributed by atoms with Crippen molar-refractivity contribution in [3.8, 4) is 0 Å². The van der Waals surface area contributed by atoms with Crippen molar-refractivity contribution in [2.75, 3.05) is 18.5 Å². The molecule has 0 heterocycles. The van der Waals surface area contributed by atoms with Crippen LogP contribution in [0, 0.1) is 13.8 Å². The molecule has 0 aliphatic rings. The van der Waals surface area contributed by atoms with Crippen LogP contribution in [0.1, 0.15) is 21.5 Å². The minimum atomic E-state index is 0.155. The van der Waals surface area contributed by atoms with Crippen molar-refractivity contribution in [1.29, 1.82) is 0 Å². The van der Waals surface area contributed by atoms with E-state index in [4.69, 9.17) is 0 Å². The van der Waals surface area contributed by atoms with Gasteiger partial charge >= 0.3 is 0 Å². The lowest BCUT2D eigenvalue weighted by Gasteiger charge is -2.19. The van der Waals surface area contributed by atoms with Crippen LogP contribution in [0.15, 0.2) is 48.5 Å². The first-order valence-corrected chi connectivity index (χ1v) is 6.44. The summed E-state index contributed by atoms with van der Waals surface area (Å²) in [6.45, 7) is 4.43. The van der Waals surface area contributed by atoms with Crippen LogP contribution in [0.3, 0.4) is 0 Å². The van der Waals surface area contributed by atoms with Crippen LogP contribution < -0.4 is 4.90 Å². The number of anilines is 1. The van der Waals surface area contributed by atoms with E-state index in [0.29, 0.717) is 6.54 Å². The number of carbonyl (C=O) groups is 1. The van der Waals surface area contributed by atoms with E-state index >= 15 is 0 Å². The highest BCUT2D eigenvalue weighted by atomic mass is 16.1. The summed E-state index contributed by atoms with van der Waals surface area (Å²) in [5, 5.41) is 0. The molecule has 0 aromatic heterocycles. The molecule has 0 saturated carbocycles. The van der Waals surface area contributed by atoms with Crippen LogP contribution in [0.5, 0.6) is 0 Å². The molecule has 19 heavy (non-hydrogen) atoms. The molecule has 0 spiro atoms. The van der Waals surface area contributed by atoms with Crippen molar-refractivity contribution in [1.82, 2.24) is 0 Å². The summed E-state index contributed by atoms with van der Waals surface area (Å²) in [4.78, 5) is 14.3. The Balaban J connectivity index is 2.13. The Hall–Kier alpha value is -2.09. The molecule has 0 amide bonds. The van der Waals surface area contributed by atoms with Gasteiger partial charge in [-0.25, -0.2) is 0 Å². The van der Waals surface area contributed by atoms with E-state index < -0.39 is 0 Å². The summed E-state index contributed by atoms with van der Waals surface area (Å²) in [5.41, 5.74) is 4.11. The van der Waals surface area contributed by atoms with E-state index in [2.05, 4.69) is 19.1 Å². The summed E-state index contributed by atoms with van der Waals surface area (Å²) in [7, 11) is 1.95. The SMILES string of the molecule is Cc1cccc(N(C)CC(=O)c2ccccc2C)c1. The number of Topliss-reactive ketones (excluding diaryl/α,β-unsaturated/α-hetero) is 1. The number of carbonyl (C=O) groups excluding carboxylic acids is 1. The monoisotopic (exact) mass is 253 g/mol. The molecule has 0 aliphatic carbocycles. The predicted molar refractivity (Wildman–Crippen MR) is 80.0 cm³/mol. The molecule has 0 fully saturated rings. The molecule has 0 saturated heterocycles. The molecule has 0 aliphatic heterocycles. The molecule has 0 N–H and O–H groups in total. The molecule has 0 radical (unpaired) electrons. The quantitative estimate of drug-likeness (QED) is 0.776. The molecular formula is C17H19NO. The van der Waals surface area contributed by atoms with Gasteiger partial charge in [-0.15, -0.1) is 0 Å². The number of benzene rings is 2. The Morgan fingerprint density at radius 3 is 2.47 bits per heavy atom. The molecule has 2 rings (SSSR count). The molecule has 2 aromatic rings. The number of nitrogens with zero attached hydrogens (tertiary/aromatic N) is 1. The van der Waals surface area contributed by atoms with Gasteiger partial charge in [-0.05, 0) is 37.1 Å². The number of hydrogen-bond donors (Lipinski definition) is 0. The van der Waals surface area contributed by atoms with Crippen molar-refractivity contribution in [3.05, 3.63) is 65.2 Å². The number of aryl methyl sites for hydroxylation is 2. The number of likely N-dealkylation sites (N-methyl/N-ethyl adjacent to an activating group) is 1. The summed E-state index contributed by atoms with van der Waals surface area (Å²) < 4.78 is 0. The van der Waals surface area contributed by atoms with Gasteiger partial charge in [0.2, 0.25) is 0 Å². The average Bonchev–Trinajstić information content (AvgIpc) is 2.39. The molecular weight excluding hydrogens is 234 g/mol. The maximum Gasteiger partial charge on any atom is 0.182 e. The van der Waals surface area contributed by atoms with E-state index in [9.17, 15) is 4.79 Å². The third-order valence-electron chi connectivity index (χ3n) is 3.27. The maximum atomic E-state index is 12.3. The van der Waals surface area contributed by atoms with Gasteiger partial charge in [0.25, 0.3) is 0 Å². The van der Waals surface area contributed by atoms with Crippen molar-refractivity contribution < 1.29 is 4.79 Å². The topological polar surface area (TPSA) is 20.3 Å². The fourth-order valence-electron chi connectivity index (χ4n) is 2.14. The van der Waals surface area contributed by atoms with E-state index in [1.807, 2.05) is 55.3 Å². The van der Waals surface area contributed by atoms with Crippen molar-refractivity contribution in [3.63, 3.8) is 0 Å². The third-order valence-corrected chi connectivity index (χ3v) is 3.27. The number of rotatable bonds is 4. The highest BCUT2D eigenvalue weighted by molar-refractivity contribution is 6.00. The van der Waals surface area contributed by atoms with Crippen LogP contribution in [0.25, 0.3) is 0 Å². The van der Waals surface area contributed by atoms with E-state index in [0.717, 1.165) is 16.8 Å². The Labute approximate surface area is 114 Å².